The zero-order valence-corrected chi connectivity index (χ0v) is 14.9. The van der Waals surface area contributed by atoms with Crippen molar-refractivity contribution in [2.24, 2.45) is 4.99 Å². The Bertz CT molecular complexity index is 765. The second kappa shape index (κ2) is 6.52. The van der Waals surface area contributed by atoms with Crippen LogP contribution < -0.4 is 10.2 Å². The lowest BCUT2D eigenvalue weighted by Gasteiger charge is -2.39. The van der Waals surface area contributed by atoms with Crippen LogP contribution in [-0.4, -0.2) is 46.8 Å². The third kappa shape index (κ3) is 3.16. The van der Waals surface area contributed by atoms with Gasteiger partial charge in [0.25, 0.3) is 5.91 Å². The molecule has 0 radical (unpaired) electrons. The number of carbonyl (C=O) groups is 2. The third-order valence-electron chi connectivity index (χ3n) is 4.06. The fourth-order valence-electron chi connectivity index (χ4n) is 2.62. The number of carbonyl (C=O) groups excluding carboxylic acids is 1. The number of rotatable bonds is 5. The summed E-state index contributed by atoms with van der Waals surface area (Å²) in [6, 6.07) is 0.00198. The van der Waals surface area contributed by atoms with Crippen LogP contribution in [0.25, 0.3) is 0 Å². The highest BCUT2D eigenvalue weighted by Crippen LogP contribution is 2.29. The van der Waals surface area contributed by atoms with Crippen molar-refractivity contribution in [3.63, 3.8) is 0 Å². The summed E-state index contributed by atoms with van der Waals surface area (Å²) >= 11 is 7.15. The molecule has 0 atom stereocenters. The number of hydrogen-bond acceptors (Lipinski definition) is 6. The number of allylic oxidation sites excluding steroid dienone is 1. The smallest absolute Gasteiger partial charge is 0.347 e. The number of thiazole rings is 1. The molecule has 3 heterocycles. The Balaban J connectivity index is 1.53. The second-order valence-corrected chi connectivity index (χ2v) is 7.11. The summed E-state index contributed by atoms with van der Waals surface area (Å²) < 4.78 is 0. The number of nitrogens with zero attached hydrogens (tertiary/aromatic N) is 3. The van der Waals surface area contributed by atoms with Crippen molar-refractivity contribution in [2.45, 2.75) is 32.7 Å². The SMILES string of the molecule is CCC1=C(Cl)N=C(C(=O)NC2CN(c3nc(C)c(C(=O)O)s3)C2)C1. The van der Waals surface area contributed by atoms with Gasteiger partial charge in [-0.2, -0.15) is 0 Å². The number of anilines is 1. The van der Waals surface area contributed by atoms with Gasteiger partial charge in [0.05, 0.1) is 11.7 Å². The number of nitrogens with one attached hydrogen (secondary N) is 1. The van der Waals surface area contributed by atoms with Gasteiger partial charge >= 0.3 is 5.97 Å². The molecule has 1 aromatic heterocycles. The van der Waals surface area contributed by atoms with E-state index in [1.807, 2.05) is 11.8 Å². The van der Waals surface area contributed by atoms with E-state index in [2.05, 4.69) is 15.3 Å². The van der Waals surface area contributed by atoms with Crippen LogP contribution in [0.2, 0.25) is 0 Å². The van der Waals surface area contributed by atoms with E-state index in [-0.39, 0.29) is 16.8 Å². The summed E-state index contributed by atoms with van der Waals surface area (Å²) in [5.74, 6) is -1.15. The molecule has 0 bridgehead atoms. The average Bonchev–Trinajstić information content (AvgIpc) is 3.05. The number of aromatic nitrogens is 1. The lowest BCUT2D eigenvalue weighted by atomic mass is 10.1. The highest BCUT2D eigenvalue weighted by molar-refractivity contribution is 7.17. The molecule has 2 aliphatic rings. The summed E-state index contributed by atoms with van der Waals surface area (Å²) in [5, 5.41) is 13.1. The van der Waals surface area contributed by atoms with E-state index in [1.54, 1.807) is 6.92 Å². The van der Waals surface area contributed by atoms with E-state index in [4.69, 9.17) is 16.7 Å². The summed E-state index contributed by atoms with van der Waals surface area (Å²) in [6.07, 6.45) is 1.29. The summed E-state index contributed by atoms with van der Waals surface area (Å²) in [6.45, 7) is 4.88. The Morgan fingerprint density at radius 2 is 2.17 bits per heavy atom. The number of carboxylic acid groups (broad SMARTS) is 1. The van der Waals surface area contributed by atoms with E-state index >= 15 is 0 Å². The third-order valence-corrected chi connectivity index (χ3v) is 5.62. The van der Waals surface area contributed by atoms with Crippen LogP contribution in [0, 0.1) is 6.92 Å². The first kappa shape index (κ1) is 16.9. The minimum absolute atomic E-state index is 0.00198. The Labute approximate surface area is 148 Å². The molecule has 2 N–H and O–H groups in total. The highest BCUT2D eigenvalue weighted by Gasteiger charge is 2.33. The maximum absolute atomic E-state index is 12.2. The standard InChI is InChI=1S/C15H17ClN4O3S/c1-3-8-4-10(19-12(8)16)13(21)18-9-5-20(6-9)15-17-7(2)11(24-15)14(22)23/h9H,3-6H2,1-2H3,(H,18,21)(H,22,23). The largest absolute Gasteiger partial charge is 0.477 e. The van der Waals surface area contributed by atoms with Crippen molar-refractivity contribution in [1.29, 1.82) is 0 Å². The number of aryl methyl sites for hydroxylation is 1. The van der Waals surface area contributed by atoms with Crippen LogP contribution in [0.4, 0.5) is 5.13 Å². The molecule has 0 unspecified atom stereocenters. The lowest BCUT2D eigenvalue weighted by molar-refractivity contribution is -0.115. The molecule has 1 aromatic rings. The second-order valence-electron chi connectivity index (χ2n) is 5.77. The molecular weight excluding hydrogens is 352 g/mol. The minimum atomic E-state index is -0.961. The molecule has 1 saturated heterocycles. The quantitative estimate of drug-likeness (QED) is 0.776. The zero-order chi connectivity index (χ0) is 17.4. The number of halogens is 1. The number of carboxylic acids is 1. The van der Waals surface area contributed by atoms with Crippen LogP contribution in [-0.2, 0) is 4.79 Å². The number of amides is 1. The summed E-state index contributed by atoms with van der Waals surface area (Å²) in [5.41, 5.74) is 1.95. The Morgan fingerprint density at radius 1 is 1.46 bits per heavy atom. The van der Waals surface area contributed by atoms with E-state index in [1.165, 1.54) is 0 Å². The van der Waals surface area contributed by atoms with Crippen molar-refractivity contribution in [1.82, 2.24) is 10.3 Å². The molecule has 9 heteroatoms. The Kier molecular flexibility index (Phi) is 4.60. The van der Waals surface area contributed by atoms with Crippen LogP contribution in [0.5, 0.6) is 0 Å². The molecule has 7 nitrogen and oxygen atoms in total. The molecule has 0 spiro atoms. The normalized spacial score (nSPS) is 17.8. The van der Waals surface area contributed by atoms with E-state index < -0.39 is 5.97 Å². The van der Waals surface area contributed by atoms with Crippen molar-refractivity contribution >= 4 is 45.7 Å². The monoisotopic (exact) mass is 368 g/mol. The van der Waals surface area contributed by atoms with E-state index in [0.29, 0.717) is 41.2 Å². The molecule has 3 rings (SSSR count). The predicted molar refractivity (Wildman–Crippen MR) is 93.2 cm³/mol. The molecule has 2 aliphatic heterocycles. The van der Waals surface area contributed by atoms with Crippen LogP contribution in [0.3, 0.4) is 0 Å². The highest BCUT2D eigenvalue weighted by atomic mass is 35.5. The first-order valence-corrected chi connectivity index (χ1v) is 8.80. The van der Waals surface area contributed by atoms with Gasteiger partial charge in [-0.05, 0) is 18.9 Å². The van der Waals surface area contributed by atoms with Gasteiger partial charge in [0, 0.05) is 19.5 Å². The van der Waals surface area contributed by atoms with E-state index in [0.717, 1.165) is 23.3 Å². The van der Waals surface area contributed by atoms with Crippen LogP contribution in [0.1, 0.15) is 35.1 Å². The molecule has 1 fully saturated rings. The van der Waals surface area contributed by atoms with Crippen molar-refractivity contribution < 1.29 is 14.7 Å². The molecule has 1 amide bonds. The Morgan fingerprint density at radius 3 is 2.71 bits per heavy atom. The van der Waals surface area contributed by atoms with Gasteiger partial charge < -0.3 is 15.3 Å². The molecule has 24 heavy (non-hydrogen) atoms. The average molecular weight is 369 g/mol. The van der Waals surface area contributed by atoms with Gasteiger partial charge in [0.15, 0.2) is 5.13 Å². The van der Waals surface area contributed by atoms with Crippen LogP contribution in [0.15, 0.2) is 15.7 Å². The first-order valence-electron chi connectivity index (χ1n) is 7.60. The number of aromatic carboxylic acids is 1. The van der Waals surface area contributed by atoms with E-state index in [9.17, 15) is 9.59 Å². The maximum atomic E-state index is 12.2. The fraction of sp³-hybridized carbons (Fsp3) is 0.467. The van der Waals surface area contributed by atoms with Gasteiger partial charge in [-0.25, -0.2) is 14.8 Å². The number of hydrogen-bond donors (Lipinski definition) is 2. The number of aliphatic imine (C=N–C) groups is 1. The van der Waals surface area contributed by atoms with Gasteiger partial charge in [0.1, 0.15) is 15.7 Å². The van der Waals surface area contributed by atoms with Gasteiger partial charge in [-0.1, -0.05) is 29.9 Å². The van der Waals surface area contributed by atoms with Crippen molar-refractivity contribution in [3.8, 4) is 0 Å². The lowest BCUT2D eigenvalue weighted by Crippen LogP contribution is -2.60. The first-order chi connectivity index (χ1) is 11.4. The fourth-order valence-corrected chi connectivity index (χ4v) is 3.85. The molecule has 0 aliphatic carbocycles. The maximum Gasteiger partial charge on any atom is 0.347 e. The van der Waals surface area contributed by atoms with Gasteiger partial charge in [0.2, 0.25) is 0 Å². The molecule has 0 saturated carbocycles. The Hall–Kier alpha value is -1.93. The molecule has 128 valence electrons. The van der Waals surface area contributed by atoms with Crippen molar-refractivity contribution in [3.05, 3.63) is 21.3 Å². The summed E-state index contributed by atoms with van der Waals surface area (Å²) in [7, 11) is 0. The van der Waals surface area contributed by atoms with Gasteiger partial charge in [-0.15, -0.1) is 0 Å². The molecule has 0 aromatic carbocycles. The topological polar surface area (TPSA) is 94.9 Å². The van der Waals surface area contributed by atoms with Crippen molar-refractivity contribution in [2.75, 3.05) is 18.0 Å². The molecular formula is C15H17ClN4O3S. The minimum Gasteiger partial charge on any atom is -0.477 e. The van der Waals surface area contributed by atoms with Crippen LogP contribution >= 0.6 is 22.9 Å². The summed E-state index contributed by atoms with van der Waals surface area (Å²) in [4.78, 5) is 33.9. The van der Waals surface area contributed by atoms with Gasteiger partial charge in [-0.3, -0.25) is 4.79 Å². The zero-order valence-electron chi connectivity index (χ0n) is 13.3. The predicted octanol–water partition coefficient (Wildman–Crippen LogP) is 2.16.